The number of carbonyl (C=O) groups excluding carboxylic acids is 1. The van der Waals surface area contributed by atoms with Crippen molar-refractivity contribution in [1.82, 2.24) is 4.90 Å². The normalized spacial score (nSPS) is 17.1. The molecule has 0 aromatic carbocycles. The highest BCUT2D eigenvalue weighted by atomic mass is 16.5. The number of amides is 1. The molecule has 3 nitrogen and oxygen atoms in total. The standard InChI is InChI=1S/C7H11NO2/c1-6(2)7-3-10-5-8(7)4-9/h3-4,6H,5H2,1-2H3. The van der Waals surface area contributed by atoms with Gasteiger partial charge in [0.25, 0.3) is 0 Å². The second-order valence-corrected chi connectivity index (χ2v) is 2.57. The van der Waals surface area contributed by atoms with Gasteiger partial charge in [0, 0.05) is 0 Å². The van der Waals surface area contributed by atoms with Gasteiger partial charge in [0.05, 0.1) is 5.70 Å². The molecule has 0 saturated heterocycles. The molecule has 10 heavy (non-hydrogen) atoms. The average molecular weight is 141 g/mol. The first-order valence-corrected chi connectivity index (χ1v) is 3.29. The van der Waals surface area contributed by atoms with Crippen LogP contribution >= 0.6 is 0 Å². The molecule has 1 amide bonds. The fourth-order valence-corrected chi connectivity index (χ4v) is 0.904. The number of hydrogen-bond acceptors (Lipinski definition) is 2. The summed E-state index contributed by atoms with van der Waals surface area (Å²) in [7, 11) is 0. The van der Waals surface area contributed by atoms with Gasteiger partial charge in [0.1, 0.15) is 6.26 Å². The Bertz CT molecular complexity index is 163. The highest BCUT2D eigenvalue weighted by Gasteiger charge is 2.17. The molecule has 0 saturated carbocycles. The summed E-state index contributed by atoms with van der Waals surface area (Å²) in [5.74, 6) is 0.354. The second kappa shape index (κ2) is 2.73. The monoisotopic (exact) mass is 141 g/mol. The lowest BCUT2D eigenvalue weighted by molar-refractivity contribution is -0.118. The molecule has 0 aromatic heterocycles. The van der Waals surface area contributed by atoms with Gasteiger partial charge in [0.15, 0.2) is 6.73 Å². The van der Waals surface area contributed by atoms with Gasteiger partial charge in [-0.25, -0.2) is 0 Å². The summed E-state index contributed by atoms with van der Waals surface area (Å²) in [5.41, 5.74) is 0.954. The molecule has 0 spiro atoms. The fraction of sp³-hybridized carbons (Fsp3) is 0.571. The Labute approximate surface area is 60.3 Å². The van der Waals surface area contributed by atoms with Crippen molar-refractivity contribution < 1.29 is 9.53 Å². The zero-order chi connectivity index (χ0) is 7.56. The number of rotatable bonds is 2. The summed E-state index contributed by atoms with van der Waals surface area (Å²) in [6, 6.07) is 0. The Morgan fingerprint density at radius 2 is 2.50 bits per heavy atom. The van der Waals surface area contributed by atoms with Gasteiger partial charge in [-0.05, 0) is 5.92 Å². The van der Waals surface area contributed by atoms with E-state index in [-0.39, 0.29) is 0 Å². The number of ether oxygens (including phenoxy) is 1. The highest BCUT2D eigenvalue weighted by Crippen LogP contribution is 2.18. The quantitative estimate of drug-likeness (QED) is 0.535. The van der Waals surface area contributed by atoms with E-state index in [0.717, 1.165) is 12.1 Å². The van der Waals surface area contributed by atoms with Crippen molar-refractivity contribution in [3.05, 3.63) is 12.0 Å². The molecule has 0 radical (unpaired) electrons. The van der Waals surface area contributed by atoms with Gasteiger partial charge in [0.2, 0.25) is 6.41 Å². The molecule has 0 atom stereocenters. The first-order chi connectivity index (χ1) is 4.75. The second-order valence-electron chi connectivity index (χ2n) is 2.57. The first-order valence-electron chi connectivity index (χ1n) is 3.29. The maximum Gasteiger partial charge on any atom is 0.216 e. The summed E-state index contributed by atoms with van der Waals surface area (Å²) < 4.78 is 4.95. The maximum atomic E-state index is 10.3. The van der Waals surface area contributed by atoms with Crippen LogP contribution in [0.3, 0.4) is 0 Å². The summed E-state index contributed by atoms with van der Waals surface area (Å²) >= 11 is 0. The molecular weight excluding hydrogens is 130 g/mol. The molecule has 0 fully saturated rings. The Morgan fingerprint density at radius 3 is 2.90 bits per heavy atom. The van der Waals surface area contributed by atoms with Crippen LogP contribution < -0.4 is 0 Å². The lowest BCUT2D eigenvalue weighted by Crippen LogP contribution is -2.20. The highest BCUT2D eigenvalue weighted by molar-refractivity contribution is 5.51. The van der Waals surface area contributed by atoms with E-state index in [9.17, 15) is 4.79 Å². The molecule has 0 aromatic rings. The molecule has 0 unspecified atom stereocenters. The molecule has 1 rings (SSSR count). The van der Waals surface area contributed by atoms with Crippen LogP contribution in [-0.4, -0.2) is 18.0 Å². The van der Waals surface area contributed by atoms with Crippen LogP contribution in [0.1, 0.15) is 13.8 Å². The third-order valence-corrected chi connectivity index (χ3v) is 1.47. The van der Waals surface area contributed by atoms with Crippen molar-refractivity contribution in [2.45, 2.75) is 13.8 Å². The van der Waals surface area contributed by atoms with Crippen molar-refractivity contribution in [2.24, 2.45) is 5.92 Å². The predicted octanol–water partition coefficient (Wildman–Crippen LogP) is 0.930. The van der Waals surface area contributed by atoms with Gasteiger partial charge in [-0.2, -0.15) is 0 Å². The third-order valence-electron chi connectivity index (χ3n) is 1.47. The molecule has 1 aliphatic heterocycles. The number of allylic oxidation sites excluding steroid dienone is 1. The summed E-state index contributed by atoms with van der Waals surface area (Å²) in [6.07, 6.45) is 2.43. The lowest BCUT2D eigenvalue weighted by atomic mass is 10.1. The largest absolute Gasteiger partial charge is 0.478 e. The molecule has 0 N–H and O–H groups in total. The van der Waals surface area contributed by atoms with Crippen LogP contribution in [0.4, 0.5) is 0 Å². The van der Waals surface area contributed by atoms with E-state index < -0.39 is 0 Å². The minimum atomic E-state index is 0.354. The molecule has 1 aliphatic rings. The van der Waals surface area contributed by atoms with Crippen LogP contribution in [0.15, 0.2) is 12.0 Å². The van der Waals surface area contributed by atoms with Crippen LogP contribution in [0, 0.1) is 5.92 Å². The Kier molecular flexibility index (Phi) is 1.94. The molecule has 1 heterocycles. The van der Waals surface area contributed by atoms with Gasteiger partial charge < -0.3 is 4.74 Å². The van der Waals surface area contributed by atoms with Gasteiger partial charge in [-0.15, -0.1) is 0 Å². The summed E-state index contributed by atoms with van der Waals surface area (Å²) in [6.45, 7) is 4.42. The van der Waals surface area contributed by atoms with Crippen LogP contribution in [0.2, 0.25) is 0 Å². The fourth-order valence-electron chi connectivity index (χ4n) is 0.904. The van der Waals surface area contributed by atoms with Crippen molar-refractivity contribution in [1.29, 1.82) is 0 Å². The van der Waals surface area contributed by atoms with Crippen molar-refractivity contribution >= 4 is 6.41 Å². The number of nitrogens with zero attached hydrogens (tertiary/aromatic N) is 1. The van der Waals surface area contributed by atoms with Gasteiger partial charge in [-0.3, -0.25) is 9.69 Å². The average Bonchev–Trinajstić information content (AvgIpc) is 2.33. The minimum absolute atomic E-state index is 0.354. The van der Waals surface area contributed by atoms with Gasteiger partial charge in [-0.1, -0.05) is 13.8 Å². The first kappa shape index (κ1) is 7.12. The van der Waals surface area contributed by atoms with E-state index in [1.165, 1.54) is 0 Å². The number of hydrogen-bond donors (Lipinski definition) is 0. The van der Waals surface area contributed by atoms with Crippen LogP contribution in [-0.2, 0) is 9.53 Å². The van der Waals surface area contributed by atoms with E-state index >= 15 is 0 Å². The van der Waals surface area contributed by atoms with Crippen molar-refractivity contribution in [3.8, 4) is 0 Å². The molecule has 56 valence electrons. The maximum absolute atomic E-state index is 10.3. The van der Waals surface area contributed by atoms with E-state index in [0.29, 0.717) is 12.6 Å². The zero-order valence-corrected chi connectivity index (χ0v) is 6.20. The van der Waals surface area contributed by atoms with Crippen LogP contribution in [0.5, 0.6) is 0 Å². The topological polar surface area (TPSA) is 29.5 Å². The minimum Gasteiger partial charge on any atom is -0.478 e. The Hall–Kier alpha value is -0.990. The lowest BCUT2D eigenvalue weighted by Gasteiger charge is -2.13. The van der Waals surface area contributed by atoms with Crippen LogP contribution in [0.25, 0.3) is 0 Å². The predicted molar refractivity (Wildman–Crippen MR) is 36.8 cm³/mol. The van der Waals surface area contributed by atoms with Crippen molar-refractivity contribution in [3.63, 3.8) is 0 Å². The smallest absolute Gasteiger partial charge is 0.216 e. The summed E-state index contributed by atoms with van der Waals surface area (Å²) in [4.78, 5) is 11.9. The molecule has 0 aliphatic carbocycles. The van der Waals surface area contributed by atoms with E-state index in [2.05, 4.69) is 0 Å². The van der Waals surface area contributed by atoms with Gasteiger partial charge >= 0.3 is 0 Å². The molecular formula is C7H11NO2. The third kappa shape index (κ3) is 1.12. The van der Waals surface area contributed by atoms with E-state index in [1.807, 2.05) is 13.8 Å². The van der Waals surface area contributed by atoms with Crippen molar-refractivity contribution in [2.75, 3.05) is 6.73 Å². The Balaban J connectivity index is 2.64. The zero-order valence-electron chi connectivity index (χ0n) is 6.20. The SMILES string of the molecule is CC(C)C1=COCN1C=O. The van der Waals surface area contributed by atoms with E-state index in [1.54, 1.807) is 11.2 Å². The van der Waals surface area contributed by atoms with E-state index in [4.69, 9.17) is 4.74 Å². The molecule has 0 bridgehead atoms. The Morgan fingerprint density at radius 1 is 1.80 bits per heavy atom. The summed E-state index contributed by atoms with van der Waals surface area (Å²) in [5, 5.41) is 0. The number of carbonyl (C=O) groups is 1. The molecule has 3 heteroatoms.